The van der Waals surface area contributed by atoms with Crippen molar-refractivity contribution in [2.75, 3.05) is 0 Å². The molecule has 0 amide bonds. The van der Waals surface area contributed by atoms with Crippen LogP contribution < -0.4 is 11.5 Å². The Morgan fingerprint density at radius 3 is 2.00 bits per heavy atom. The van der Waals surface area contributed by atoms with Crippen LogP contribution in [-0.2, 0) is 9.53 Å². The molecule has 0 bridgehead atoms. The van der Waals surface area contributed by atoms with E-state index in [1.165, 1.54) is 0 Å². The van der Waals surface area contributed by atoms with Crippen molar-refractivity contribution >= 4 is 5.97 Å². The molecule has 0 spiro atoms. The fourth-order valence-electron chi connectivity index (χ4n) is 1.03. The third-order valence-electron chi connectivity index (χ3n) is 1.46. The van der Waals surface area contributed by atoms with E-state index in [1.807, 2.05) is 34.6 Å². The zero-order valence-corrected chi connectivity index (χ0v) is 9.76. The summed E-state index contributed by atoms with van der Waals surface area (Å²) in [6, 6.07) is -0.644. The maximum atomic E-state index is 11.4. The smallest absolute Gasteiger partial charge is 0.323 e. The summed E-state index contributed by atoms with van der Waals surface area (Å²) >= 11 is 0. The molecule has 0 aliphatic carbocycles. The van der Waals surface area contributed by atoms with E-state index in [-0.39, 0.29) is 0 Å². The summed E-state index contributed by atoms with van der Waals surface area (Å²) in [4.78, 5) is 11.4. The van der Waals surface area contributed by atoms with Gasteiger partial charge in [0.05, 0.1) is 0 Å². The zero-order valence-electron chi connectivity index (χ0n) is 9.76. The van der Waals surface area contributed by atoms with Gasteiger partial charge in [0.2, 0.25) is 0 Å². The molecule has 0 aliphatic rings. The first-order valence-corrected chi connectivity index (χ1v) is 4.78. The summed E-state index contributed by atoms with van der Waals surface area (Å²) in [6.07, 6.45) is 0.419. The van der Waals surface area contributed by atoms with Crippen LogP contribution in [0.5, 0.6) is 0 Å². The van der Waals surface area contributed by atoms with Crippen molar-refractivity contribution in [2.24, 2.45) is 11.5 Å². The van der Waals surface area contributed by atoms with Gasteiger partial charge in [-0.05, 0) is 41.0 Å². The number of carbonyl (C=O) groups is 1. The van der Waals surface area contributed by atoms with Gasteiger partial charge in [-0.2, -0.15) is 0 Å². The minimum absolute atomic E-state index is 0.393. The Bertz CT molecular complexity index is 201. The molecule has 0 aromatic rings. The molecule has 0 aromatic heterocycles. The zero-order chi connectivity index (χ0) is 11.6. The van der Waals surface area contributed by atoms with E-state index >= 15 is 0 Å². The molecule has 4 nitrogen and oxygen atoms in total. The third kappa shape index (κ3) is 6.86. The van der Waals surface area contributed by atoms with E-state index < -0.39 is 23.2 Å². The van der Waals surface area contributed by atoms with Crippen molar-refractivity contribution in [3.8, 4) is 0 Å². The number of hydrogen-bond donors (Lipinski definition) is 2. The predicted octanol–water partition coefficient (Wildman–Crippen LogP) is 0.783. The Morgan fingerprint density at radius 1 is 1.29 bits per heavy atom. The molecule has 84 valence electrons. The molecule has 14 heavy (non-hydrogen) atoms. The van der Waals surface area contributed by atoms with E-state index in [0.717, 1.165) is 0 Å². The summed E-state index contributed by atoms with van der Waals surface area (Å²) in [5.41, 5.74) is 10.5. The summed E-state index contributed by atoms with van der Waals surface area (Å²) < 4.78 is 5.13. The highest BCUT2D eigenvalue weighted by Gasteiger charge is 2.26. The molecule has 0 radical (unpaired) electrons. The van der Waals surface area contributed by atoms with Crippen LogP contribution in [0.1, 0.15) is 41.0 Å². The Balaban J connectivity index is 4.15. The van der Waals surface area contributed by atoms with Crippen molar-refractivity contribution in [1.29, 1.82) is 0 Å². The number of ether oxygens (including phenoxy) is 1. The van der Waals surface area contributed by atoms with E-state index in [4.69, 9.17) is 16.2 Å². The highest BCUT2D eigenvalue weighted by atomic mass is 16.6. The van der Waals surface area contributed by atoms with Gasteiger partial charge in [-0.3, -0.25) is 4.79 Å². The minimum atomic E-state index is -0.644. The molecule has 0 fully saturated rings. The van der Waals surface area contributed by atoms with Crippen LogP contribution in [0.3, 0.4) is 0 Å². The number of nitrogens with two attached hydrogens (primary N) is 2. The van der Waals surface area contributed by atoms with E-state index in [2.05, 4.69) is 0 Å². The Labute approximate surface area is 86.0 Å². The van der Waals surface area contributed by atoms with Crippen LogP contribution in [-0.4, -0.2) is 23.2 Å². The van der Waals surface area contributed by atoms with Crippen LogP contribution in [0.15, 0.2) is 0 Å². The summed E-state index contributed by atoms with van der Waals surface area (Å²) in [7, 11) is 0. The lowest BCUT2D eigenvalue weighted by molar-refractivity contribution is -0.156. The first-order valence-electron chi connectivity index (χ1n) is 4.78. The van der Waals surface area contributed by atoms with Gasteiger partial charge < -0.3 is 16.2 Å². The van der Waals surface area contributed by atoms with Crippen LogP contribution >= 0.6 is 0 Å². The monoisotopic (exact) mass is 202 g/mol. The SMILES string of the molecule is CC(C)(N)CC(N)C(=O)OC(C)(C)C. The average molecular weight is 202 g/mol. The molecule has 0 saturated carbocycles. The molecule has 1 unspecified atom stereocenters. The Morgan fingerprint density at radius 2 is 1.71 bits per heavy atom. The lowest BCUT2D eigenvalue weighted by Crippen LogP contribution is -2.45. The highest BCUT2D eigenvalue weighted by Crippen LogP contribution is 2.12. The second-order valence-electron chi connectivity index (χ2n) is 5.33. The van der Waals surface area contributed by atoms with Gasteiger partial charge in [0, 0.05) is 5.54 Å². The summed E-state index contributed by atoms with van der Waals surface area (Å²) in [5, 5.41) is 0. The largest absolute Gasteiger partial charge is 0.459 e. The number of carbonyl (C=O) groups excluding carboxylic acids is 1. The Kier molecular flexibility index (Phi) is 4.09. The maximum Gasteiger partial charge on any atom is 0.323 e. The molecule has 4 heteroatoms. The molecule has 1 atom stereocenters. The number of hydrogen-bond acceptors (Lipinski definition) is 4. The standard InChI is InChI=1S/C10H22N2O2/c1-9(2,3)14-8(13)7(11)6-10(4,5)12/h7H,6,11-12H2,1-5H3. The van der Waals surface area contributed by atoms with Crippen LogP contribution in [0.25, 0.3) is 0 Å². The number of esters is 1. The molecule has 0 aromatic carbocycles. The first kappa shape index (κ1) is 13.4. The van der Waals surface area contributed by atoms with Crippen molar-refractivity contribution in [1.82, 2.24) is 0 Å². The summed E-state index contributed by atoms with van der Waals surface area (Å²) in [5.74, 6) is -0.393. The molecule has 0 rings (SSSR count). The van der Waals surface area contributed by atoms with Gasteiger partial charge in [-0.1, -0.05) is 0 Å². The van der Waals surface area contributed by atoms with Gasteiger partial charge >= 0.3 is 5.97 Å². The van der Waals surface area contributed by atoms with Crippen molar-refractivity contribution in [3.63, 3.8) is 0 Å². The topological polar surface area (TPSA) is 78.3 Å². The molecule has 0 heterocycles. The molecule has 0 saturated heterocycles. The van der Waals surface area contributed by atoms with Crippen molar-refractivity contribution < 1.29 is 9.53 Å². The minimum Gasteiger partial charge on any atom is -0.459 e. The second kappa shape index (κ2) is 4.28. The van der Waals surface area contributed by atoms with Gasteiger partial charge in [-0.25, -0.2) is 0 Å². The lowest BCUT2D eigenvalue weighted by atomic mass is 9.97. The van der Waals surface area contributed by atoms with E-state index in [1.54, 1.807) is 0 Å². The van der Waals surface area contributed by atoms with Gasteiger partial charge in [-0.15, -0.1) is 0 Å². The van der Waals surface area contributed by atoms with Gasteiger partial charge in [0.25, 0.3) is 0 Å². The summed E-state index contributed by atoms with van der Waals surface area (Å²) in [6.45, 7) is 9.09. The van der Waals surface area contributed by atoms with Crippen molar-refractivity contribution in [3.05, 3.63) is 0 Å². The normalized spacial score (nSPS) is 15.1. The quantitative estimate of drug-likeness (QED) is 0.663. The predicted molar refractivity (Wildman–Crippen MR) is 56.7 cm³/mol. The third-order valence-corrected chi connectivity index (χ3v) is 1.46. The molecule has 4 N–H and O–H groups in total. The molecular weight excluding hydrogens is 180 g/mol. The fraction of sp³-hybridized carbons (Fsp3) is 0.900. The van der Waals surface area contributed by atoms with Gasteiger partial charge in [0.1, 0.15) is 11.6 Å². The van der Waals surface area contributed by atoms with Gasteiger partial charge in [0.15, 0.2) is 0 Å². The lowest BCUT2D eigenvalue weighted by Gasteiger charge is -2.26. The Hall–Kier alpha value is -0.610. The van der Waals surface area contributed by atoms with E-state index in [0.29, 0.717) is 6.42 Å². The second-order valence-corrected chi connectivity index (χ2v) is 5.33. The fourth-order valence-corrected chi connectivity index (χ4v) is 1.03. The first-order chi connectivity index (χ1) is 6.01. The van der Waals surface area contributed by atoms with Crippen LogP contribution in [0.2, 0.25) is 0 Å². The van der Waals surface area contributed by atoms with Crippen LogP contribution in [0, 0.1) is 0 Å². The van der Waals surface area contributed by atoms with Crippen molar-refractivity contribution in [2.45, 2.75) is 58.2 Å². The highest BCUT2D eigenvalue weighted by molar-refractivity contribution is 5.76. The van der Waals surface area contributed by atoms with Crippen LogP contribution in [0.4, 0.5) is 0 Å². The average Bonchev–Trinajstić information content (AvgIpc) is 1.78. The maximum absolute atomic E-state index is 11.4. The molecular formula is C10H22N2O2. The number of rotatable bonds is 3. The molecule has 0 aliphatic heterocycles. The van der Waals surface area contributed by atoms with E-state index in [9.17, 15) is 4.79 Å².